The molecule has 2 amide bonds. The molecule has 1 atom stereocenters. The van der Waals surface area contributed by atoms with Crippen LogP contribution in [-0.2, 0) is 9.59 Å². The molecule has 116 valence electrons. The van der Waals surface area contributed by atoms with Crippen molar-refractivity contribution in [1.29, 1.82) is 0 Å². The fourth-order valence-electron chi connectivity index (χ4n) is 2.65. The number of hydrogen-bond donors (Lipinski definition) is 1. The Hall–Kier alpha value is -1.60. The average Bonchev–Trinajstić information content (AvgIpc) is 2.95. The molecule has 1 fully saturated rings. The first-order valence-electron chi connectivity index (χ1n) is 7.22. The molecule has 1 saturated heterocycles. The SMILES string of the molecule is NC(=O)[C@@H]1CCCCN1C(=O)CSc1nc2ccccc2s1. The van der Waals surface area contributed by atoms with E-state index in [1.54, 1.807) is 16.2 Å². The maximum Gasteiger partial charge on any atom is 0.240 e. The summed E-state index contributed by atoms with van der Waals surface area (Å²) in [6.45, 7) is 0.618. The summed E-state index contributed by atoms with van der Waals surface area (Å²) in [5.41, 5.74) is 6.36. The molecule has 2 aromatic rings. The van der Waals surface area contributed by atoms with E-state index in [0.717, 1.165) is 27.4 Å². The van der Waals surface area contributed by atoms with Gasteiger partial charge < -0.3 is 10.6 Å². The molecule has 5 nitrogen and oxygen atoms in total. The topological polar surface area (TPSA) is 76.3 Å². The lowest BCUT2D eigenvalue weighted by Crippen LogP contribution is -2.51. The van der Waals surface area contributed by atoms with Crippen LogP contribution in [-0.4, -0.2) is 40.0 Å². The van der Waals surface area contributed by atoms with Crippen LogP contribution in [0.15, 0.2) is 28.6 Å². The molecule has 0 aliphatic carbocycles. The smallest absolute Gasteiger partial charge is 0.240 e. The first-order valence-corrected chi connectivity index (χ1v) is 9.02. The van der Waals surface area contributed by atoms with Gasteiger partial charge in [-0.15, -0.1) is 11.3 Å². The van der Waals surface area contributed by atoms with Crippen molar-refractivity contribution >= 4 is 45.1 Å². The molecular formula is C15H17N3O2S2. The van der Waals surface area contributed by atoms with E-state index < -0.39 is 11.9 Å². The van der Waals surface area contributed by atoms with Crippen LogP contribution in [0.2, 0.25) is 0 Å². The summed E-state index contributed by atoms with van der Waals surface area (Å²) in [5.74, 6) is -0.144. The van der Waals surface area contributed by atoms with Gasteiger partial charge in [-0.3, -0.25) is 9.59 Å². The molecule has 2 heterocycles. The van der Waals surface area contributed by atoms with E-state index in [-0.39, 0.29) is 5.91 Å². The van der Waals surface area contributed by atoms with Crippen molar-refractivity contribution < 1.29 is 9.59 Å². The number of nitrogens with zero attached hydrogens (tertiary/aromatic N) is 2. The molecule has 2 N–H and O–H groups in total. The van der Waals surface area contributed by atoms with Crippen molar-refractivity contribution in [2.24, 2.45) is 5.73 Å². The number of nitrogens with two attached hydrogens (primary N) is 1. The summed E-state index contributed by atoms with van der Waals surface area (Å²) in [6.07, 6.45) is 2.55. The number of rotatable bonds is 4. The van der Waals surface area contributed by atoms with Crippen LogP contribution in [0.25, 0.3) is 10.2 Å². The van der Waals surface area contributed by atoms with Crippen LogP contribution < -0.4 is 5.73 Å². The quantitative estimate of drug-likeness (QED) is 0.870. The number of thiazole rings is 1. The Morgan fingerprint density at radius 2 is 2.18 bits per heavy atom. The highest BCUT2D eigenvalue weighted by Gasteiger charge is 2.30. The number of aromatic nitrogens is 1. The summed E-state index contributed by atoms with van der Waals surface area (Å²) in [6, 6.07) is 7.47. The van der Waals surface area contributed by atoms with E-state index in [1.807, 2.05) is 24.3 Å². The van der Waals surface area contributed by atoms with Crippen molar-refractivity contribution in [3.63, 3.8) is 0 Å². The van der Waals surface area contributed by atoms with Crippen LogP contribution in [0, 0.1) is 0 Å². The lowest BCUT2D eigenvalue weighted by molar-refractivity contribution is -0.138. The Labute approximate surface area is 136 Å². The van der Waals surface area contributed by atoms with Crippen molar-refractivity contribution in [3.8, 4) is 0 Å². The van der Waals surface area contributed by atoms with Crippen LogP contribution in [0.5, 0.6) is 0 Å². The van der Waals surface area contributed by atoms with Gasteiger partial charge in [0.05, 0.1) is 16.0 Å². The number of piperidine rings is 1. The van der Waals surface area contributed by atoms with Gasteiger partial charge in [0.1, 0.15) is 6.04 Å². The Balaban J connectivity index is 1.64. The van der Waals surface area contributed by atoms with Gasteiger partial charge in [0, 0.05) is 6.54 Å². The van der Waals surface area contributed by atoms with Crippen LogP contribution in [0.1, 0.15) is 19.3 Å². The summed E-state index contributed by atoms with van der Waals surface area (Å²) in [5, 5.41) is 0. The highest BCUT2D eigenvalue weighted by molar-refractivity contribution is 8.01. The molecule has 0 saturated carbocycles. The third-order valence-corrected chi connectivity index (χ3v) is 5.91. The predicted octanol–water partition coefficient (Wildman–Crippen LogP) is 2.25. The molecular weight excluding hydrogens is 318 g/mol. The number of amides is 2. The van der Waals surface area contributed by atoms with Gasteiger partial charge in [-0.2, -0.15) is 0 Å². The van der Waals surface area contributed by atoms with Gasteiger partial charge in [-0.1, -0.05) is 23.9 Å². The molecule has 0 bridgehead atoms. The summed E-state index contributed by atoms with van der Waals surface area (Å²) in [4.78, 5) is 30.0. The molecule has 0 spiro atoms. The number of benzene rings is 1. The molecule has 0 unspecified atom stereocenters. The normalized spacial score (nSPS) is 18.5. The minimum atomic E-state index is -0.447. The number of primary amides is 1. The second kappa shape index (κ2) is 6.66. The lowest BCUT2D eigenvalue weighted by atomic mass is 10.0. The van der Waals surface area contributed by atoms with Gasteiger partial charge in [-0.25, -0.2) is 4.98 Å². The van der Waals surface area contributed by atoms with Crippen molar-refractivity contribution in [3.05, 3.63) is 24.3 Å². The maximum absolute atomic E-state index is 12.4. The van der Waals surface area contributed by atoms with Gasteiger partial charge >= 0.3 is 0 Å². The molecule has 1 aliphatic rings. The average molecular weight is 335 g/mol. The third kappa shape index (κ3) is 3.25. The first kappa shape index (κ1) is 15.3. The number of para-hydroxylation sites is 1. The second-order valence-corrected chi connectivity index (χ2v) is 7.49. The van der Waals surface area contributed by atoms with Gasteiger partial charge in [0.25, 0.3) is 0 Å². The van der Waals surface area contributed by atoms with E-state index in [0.29, 0.717) is 18.7 Å². The summed E-state index contributed by atoms with van der Waals surface area (Å²) >= 11 is 3.01. The molecule has 3 rings (SSSR count). The predicted molar refractivity (Wildman–Crippen MR) is 88.9 cm³/mol. The van der Waals surface area contributed by atoms with Crippen molar-refractivity contribution in [2.45, 2.75) is 29.6 Å². The maximum atomic E-state index is 12.4. The van der Waals surface area contributed by atoms with E-state index >= 15 is 0 Å². The Kier molecular flexibility index (Phi) is 4.63. The third-order valence-electron chi connectivity index (χ3n) is 3.74. The Bertz CT molecular complexity index is 668. The van der Waals surface area contributed by atoms with Crippen LogP contribution in [0.4, 0.5) is 0 Å². The zero-order valence-electron chi connectivity index (χ0n) is 12.0. The number of likely N-dealkylation sites (tertiary alicyclic amines) is 1. The van der Waals surface area contributed by atoms with E-state index in [4.69, 9.17) is 5.73 Å². The summed E-state index contributed by atoms with van der Waals surface area (Å²) < 4.78 is 1.99. The second-order valence-electron chi connectivity index (χ2n) is 5.24. The van der Waals surface area contributed by atoms with Crippen LogP contribution >= 0.6 is 23.1 Å². The number of thioether (sulfide) groups is 1. The van der Waals surface area contributed by atoms with Gasteiger partial charge in [0.15, 0.2) is 4.34 Å². The minimum absolute atomic E-state index is 0.0345. The first-order chi connectivity index (χ1) is 10.6. The highest BCUT2D eigenvalue weighted by atomic mass is 32.2. The molecule has 22 heavy (non-hydrogen) atoms. The largest absolute Gasteiger partial charge is 0.368 e. The minimum Gasteiger partial charge on any atom is -0.368 e. The number of fused-ring (bicyclic) bond motifs is 1. The number of carbonyl (C=O) groups excluding carboxylic acids is 2. The van der Waals surface area contributed by atoms with E-state index in [9.17, 15) is 9.59 Å². The molecule has 7 heteroatoms. The van der Waals surface area contributed by atoms with E-state index in [1.165, 1.54) is 11.8 Å². The van der Waals surface area contributed by atoms with Gasteiger partial charge in [-0.05, 0) is 31.4 Å². The van der Waals surface area contributed by atoms with Gasteiger partial charge in [0.2, 0.25) is 11.8 Å². The van der Waals surface area contributed by atoms with Crippen LogP contribution in [0.3, 0.4) is 0 Å². The fourth-order valence-corrected chi connectivity index (χ4v) is 4.60. The van der Waals surface area contributed by atoms with Crippen molar-refractivity contribution in [1.82, 2.24) is 9.88 Å². The number of hydrogen-bond acceptors (Lipinski definition) is 5. The fraction of sp³-hybridized carbons (Fsp3) is 0.400. The monoisotopic (exact) mass is 335 g/mol. The zero-order chi connectivity index (χ0) is 15.5. The van der Waals surface area contributed by atoms with E-state index in [2.05, 4.69) is 4.98 Å². The highest BCUT2D eigenvalue weighted by Crippen LogP contribution is 2.30. The Morgan fingerprint density at radius 1 is 1.36 bits per heavy atom. The Morgan fingerprint density at radius 3 is 2.95 bits per heavy atom. The molecule has 0 radical (unpaired) electrons. The standard InChI is InChI=1S/C15H17N3O2S2/c16-14(20)11-6-3-4-8-18(11)13(19)9-21-15-17-10-5-1-2-7-12(10)22-15/h1-2,5,7,11H,3-4,6,8-9H2,(H2,16,20)/t11-/m0/s1. The lowest BCUT2D eigenvalue weighted by Gasteiger charge is -2.33. The molecule has 1 aromatic carbocycles. The van der Waals surface area contributed by atoms with Crippen molar-refractivity contribution in [2.75, 3.05) is 12.3 Å². The summed E-state index contributed by atoms with van der Waals surface area (Å²) in [7, 11) is 0. The molecule has 1 aliphatic heterocycles. The number of carbonyl (C=O) groups is 2. The molecule has 1 aromatic heterocycles. The zero-order valence-corrected chi connectivity index (χ0v) is 13.7.